The van der Waals surface area contributed by atoms with Gasteiger partial charge in [0.1, 0.15) is 54.9 Å². The zero-order valence-corrected chi connectivity index (χ0v) is 15.9. The number of aldehydes is 2. The molecule has 0 aliphatic carbocycles. The molecular formula is C15H30O15. The molecule has 0 aromatic heterocycles. The van der Waals surface area contributed by atoms with Crippen molar-refractivity contribution in [1.82, 2.24) is 0 Å². The van der Waals surface area contributed by atoms with Crippen LogP contribution in [-0.2, 0) is 14.4 Å². The van der Waals surface area contributed by atoms with Crippen LogP contribution >= 0.6 is 0 Å². The number of carboxylic acids is 1. The van der Waals surface area contributed by atoms with Crippen molar-refractivity contribution < 1.29 is 75.7 Å². The molecule has 12 N–H and O–H groups in total. The molecule has 0 fully saturated rings. The molecule has 0 aromatic carbocycles. The maximum atomic E-state index is 9.90. The van der Waals surface area contributed by atoms with Gasteiger partial charge in [0.05, 0.1) is 13.2 Å². The molecule has 0 rings (SSSR count). The highest BCUT2D eigenvalue weighted by Gasteiger charge is 2.30. The van der Waals surface area contributed by atoms with E-state index in [1.165, 1.54) is 6.92 Å². The summed E-state index contributed by atoms with van der Waals surface area (Å²) < 4.78 is 0. The molecule has 0 saturated carbocycles. The maximum absolute atomic E-state index is 9.90. The lowest BCUT2D eigenvalue weighted by Crippen LogP contribution is -2.46. The fourth-order valence-corrected chi connectivity index (χ4v) is 1.24. The molecule has 15 heteroatoms. The van der Waals surface area contributed by atoms with E-state index >= 15 is 0 Å². The molecule has 0 saturated heterocycles. The lowest BCUT2D eigenvalue weighted by molar-refractivity contribution is -0.145. The van der Waals surface area contributed by atoms with Gasteiger partial charge in [-0.25, -0.2) is 4.79 Å². The summed E-state index contributed by atoms with van der Waals surface area (Å²) in [5.41, 5.74) is 0. The van der Waals surface area contributed by atoms with E-state index in [1.54, 1.807) is 0 Å². The molecule has 0 aliphatic rings. The highest BCUT2D eigenvalue weighted by atomic mass is 16.4. The predicted molar refractivity (Wildman–Crippen MR) is 93.7 cm³/mol. The van der Waals surface area contributed by atoms with Crippen LogP contribution in [0.2, 0.25) is 0 Å². The number of carbonyl (C=O) groups excluding carboxylic acids is 2. The van der Waals surface area contributed by atoms with E-state index < -0.39 is 74.1 Å². The van der Waals surface area contributed by atoms with Crippen molar-refractivity contribution in [3.05, 3.63) is 0 Å². The molecule has 30 heavy (non-hydrogen) atoms. The second-order valence-corrected chi connectivity index (χ2v) is 5.73. The number of hydrogen-bond acceptors (Lipinski definition) is 14. The number of aliphatic carboxylic acids is 1. The minimum absolute atomic E-state index is 0.0258. The summed E-state index contributed by atoms with van der Waals surface area (Å²) in [6, 6.07) is 0. The van der Waals surface area contributed by atoms with Crippen LogP contribution in [0.25, 0.3) is 0 Å². The Bertz CT molecular complexity index is 427. The molecule has 15 nitrogen and oxygen atoms in total. The molecule has 9 atom stereocenters. The Labute approximate surface area is 170 Å². The highest BCUT2D eigenvalue weighted by Crippen LogP contribution is 2.03. The molecule has 0 heterocycles. The van der Waals surface area contributed by atoms with Gasteiger partial charge in [-0.2, -0.15) is 0 Å². The third kappa shape index (κ3) is 14.4. The van der Waals surface area contributed by atoms with E-state index in [0.717, 1.165) is 0 Å². The first-order valence-corrected chi connectivity index (χ1v) is 8.20. The molecule has 0 amide bonds. The maximum Gasteiger partial charge on any atom is 0.332 e. The Balaban J connectivity index is -0.000000386. The zero-order chi connectivity index (χ0) is 24.6. The highest BCUT2D eigenvalue weighted by molar-refractivity contribution is 5.71. The van der Waals surface area contributed by atoms with Crippen molar-refractivity contribution in [1.29, 1.82) is 0 Å². The standard InChI is InChI=1S/2C6H12O6.C3H6O3/c2*7-1-3(9)5(11)6(12)4(10)2-8;1-2(4)3(5)6/h2*1,3-6,8-12H,2H2;2,4H,1H3,(H,5,6)/t2*3-,4+,5+,6+;/m00./s1. The van der Waals surface area contributed by atoms with E-state index in [2.05, 4.69) is 0 Å². The molecule has 1 unspecified atom stereocenters. The lowest BCUT2D eigenvalue weighted by Gasteiger charge is -2.22. The van der Waals surface area contributed by atoms with Crippen LogP contribution in [-0.4, -0.2) is 148 Å². The Morgan fingerprint density at radius 1 is 0.667 bits per heavy atom. The first kappa shape index (κ1) is 33.0. The van der Waals surface area contributed by atoms with Crippen LogP contribution in [0.3, 0.4) is 0 Å². The third-order valence-electron chi connectivity index (χ3n) is 3.20. The summed E-state index contributed by atoms with van der Waals surface area (Å²) >= 11 is 0. The average molecular weight is 450 g/mol. The zero-order valence-electron chi connectivity index (χ0n) is 15.9. The van der Waals surface area contributed by atoms with Crippen LogP contribution in [0.15, 0.2) is 0 Å². The normalized spacial score (nSPS) is 19.6. The summed E-state index contributed by atoms with van der Waals surface area (Å²) in [6.45, 7) is -0.323. The Kier molecular flexibility index (Phi) is 20.0. The van der Waals surface area contributed by atoms with Gasteiger partial charge in [0, 0.05) is 0 Å². The van der Waals surface area contributed by atoms with Gasteiger partial charge >= 0.3 is 5.97 Å². The van der Waals surface area contributed by atoms with Crippen molar-refractivity contribution >= 4 is 18.5 Å². The summed E-state index contributed by atoms with van der Waals surface area (Å²) in [5, 5.41) is 103. The largest absolute Gasteiger partial charge is 0.479 e. The average Bonchev–Trinajstić information content (AvgIpc) is 2.75. The van der Waals surface area contributed by atoms with Gasteiger partial charge in [0.15, 0.2) is 12.6 Å². The fraction of sp³-hybridized carbons (Fsp3) is 0.800. The molecule has 0 bridgehead atoms. The number of aliphatic hydroxyl groups is 11. The number of carbonyl (C=O) groups is 3. The van der Waals surface area contributed by atoms with Crippen LogP contribution in [0.1, 0.15) is 6.92 Å². The van der Waals surface area contributed by atoms with E-state index in [9.17, 15) is 14.4 Å². The third-order valence-corrected chi connectivity index (χ3v) is 3.20. The first-order valence-electron chi connectivity index (χ1n) is 8.20. The summed E-state index contributed by atoms with van der Waals surface area (Å²) in [5.74, 6) is -1.19. The van der Waals surface area contributed by atoms with Gasteiger partial charge in [0.25, 0.3) is 0 Å². The minimum atomic E-state index is -1.79. The Morgan fingerprint density at radius 2 is 0.900 bits per heavy atom. The number of carboxylic acid groups (broad SMARTS) is 1. The van der Waals surface area contributed by atoms with E-state index in [1.807, 2.05) is 0 Å². The second kappa shape index (κ2) is 18.2. The lowest BCUT2D eigenvalue weighted by atomic mass is 10.0. The molecular weight excluding hydrogens is 420 g/mol. The molecule has 0 radical (unpaired) electrons. The molecule has 0 aliphatic heterocycles. The SMILES string of the molecule is CC(O)C(=O)O.O=C[C@H](O)[C@@H](O)[C@H](O)[C@H](O)CO.O=C[C@H](O)[C@@H](O)[C@H](O)[C@H](O)CO. The monoisotopic (exact) mass is 450 g/mol. The van der Waals surface area contributed by atoms with E-state index in [4.69, 9.17) is 61.3 Å². The van der Waals surface area contributed by atoms with Crippen LogP contribution < -0.4 is 0 Å². The van der Waals surface area contributed by atoms with E-state index in [-0.39, 0.29) is 12.6 Å². The van der Waals surface area contributed by atoms with Gasteiger partial charge in [-0.05, 0) is 6.92 Å². The number of hydrogen-bond donors (Lipinski definition) is 12. The smallest absolute Gasteiger partial charge is 0.332 e. The van der Waals surface area contributed by atoms with Crippen LogP contribution in [0.4, 0.5) is 0 Å². The van der Waals surface area contributed by atoms with Crippen molar-refractivity contribution in [3.8, 4) is 0 Å². The number of aliphatic hydroxyl groups excluding tert-OH is 11. The van der Waals surface area contributed by atoms with Crippen molar-refractivity contribution in [3.63, 3.8) is 0 Å². The van der Waals surface area contributed by atoms with Crippen molar-refractivity contribution in [2.45, 2.75) is 61.9 Å². The molecule has 180 valence electrons. The summed E-state index contributed by atoms with van der Waals surface area (Å²) in [6.07, 6.45) is -14.9. The fourth-order valence-electron chi connectivity index (χ4n) is 1.24. The Hall–Kier alpha value is -1.63. The predicted octanol–water partition coefficient (Wildman–Crippen LogP) is -7.31. The van der Waals surface area contributed by atoms with Crippen LogP contribution in [0, 0.1) is 0 Å². The number of rotatable bonds is 11. The quantitative estimate of drug-likeness (QED) is 0.130. The second-order valence-electron chi connectivity index (χ2n) is 5.73. The van der Waals surface area contributed by atoms with Gasteiger partial charge in [0.2, 0.25) is 0 Å². The van der Waals surface area contributed by atoms with Crippen LogP contribution in [0.5, 0.6) is 0 Å². The minimum Gasteiger partial charge on any atom is -0.479 e. The first-order chi connectivity index (χ1) is 13.7. The molecule has 0 aromatic rings. The van der Waals surface area contributed by atoms with Crippen molar-refractivity contribution in [2.24, 2.45) is 0 Å². The van der Waals surface area contributed by atoms with Gasteiger partial charge in [-0.15, -0.1) is 0 Å². The van der Waals surface area contributed by atoms with Crippen molar-refractivity contribution in [2.75, 3.05) is 13.2 Å². The molecule has 0 spiro atoms. The van der Waals surface area contributed by atoms with E-state index in [0.29, 0.717) is 0 Å². The topological polar surface area (TPSA) is 294 Å². The van der Waals surface area contributed by atoms with Gasteiger partial charge in [-0.1, -0.05) is 0 Å². The van der Waals surface area contributed by atoms with Gasteiger partial charge < -0.3 is 70.9 Å². The summed E-state index contributed by atoms with van der Waals surface area (Å²) in [4.78, 5) is 29.2. The van der Waals surface area contributed by atoms with Gasteiger partial charge in [-0.3, -0.25) is 0 Å². The Morgan fingerprint density at radius 3 is 1.03 bits per heavy atom. The summed E-state index contributed by atoms with van der Waals surface area (Å²) in [7, 11) is 0.